The lowest BCUT2D eigenvalue weighted by molar-refractivity contribution is 0.500. The summed E-state index contributed by atoms with van der Waals surface area (Å²) in [6.07, 6.45) is 1.11. The number of aryl methyl sites for hydroxylation is 2. The van der Waals surface area contributed by atoms with Gasteiger partial charge in [-0.15, -0.1) is 0 Å². The maximum atomic E-state index is 14.5. The molecule has 1 heterocycles. The van der Waals surface area contributed by atoms with Crippen LogP contribution < -0.4 is 4.72 Å². The summed E-state index contributed by atoms with van der Waals surface area (Å²) in [5, 5.41) is 0. The summed E-state index contributed by atoms with van der Waals surface area (Å²) in [4.78, 5) is -0.0105. The van der Waals surface area contributed by atoms with Crippen LogP contribution in [0.15, 0.2) is 47.5 Å². The molecule has 3 aromatic rings. The molecule has 28 heavy (non-hydrogen) atoms. The third-order valence-corrected chi connectivity index (χ3v) is 6.36. The Kier molecular flexibility index (Phi) is 5.76. The van der Waals surface area contributed by atoms with Crippen molar-refractivity contribution in [2.75, 3.05) is 4.72 Å². The minimum Gasteiger partial charge on any atom is -0.353 e. The van der Waals surface area contributed by atoms with Crippen molar-refractivity contribution >= 4 is 38.3 Å². The maximum Gasteiger partial charge on any atom is 0.263 e. The van der Waals surface area contributed by atoms with E-state index >= 15 is 0 Å². The number of anilines is 1. The highest BCUT2D eigenvalue weighted by Crippen LogP contribution is 2.28. The quantitative estimate of drug-likeness (QED) is 0.494. The predicted octanol–water partition coefficient (Wildman–Crippen LogP) is 4.75. The van der Waals surface area contributed by atoms with Crippen LogP contribution >= 0.6 is 22.6 Å². The molecule has 0 aliphatic carbocycles. The molecule has 4 nitrogen and oxygen atoms in total. The Morgan fingerprint density at radius 1 is 1.07 bits per heavy atom. The molecular weight excluding hydrogens is 504 g/mol. The summed E-state index contributed by atoms with van der Waals surface area (Å²) in [7, 11) is -2.34. The van der Waals surface area contributed by atoms with Crippen LogP contribution in [0.3, 0.4) is 0 Å². The van der Waals surface area contributed by atoms with Gasteiger partial charge in [-0.1, -0.05) is 6.07 Å². The summed E-state index contributed by atoms with van der Waals surface area (Å²) in [6, 6.07) is 7.78. The standard InChI is InChI=1S/C19H16F3IN2O2S/c1-11-7-14(10-25(11)2)28(26,27)24-18-6-5-16(20)19(22)15(18)8-12-3-4-13(23)9-17(12)21/h3-7,9-10,24H,8H2,1-2H3. The highest BCUT2D eigenvalue weighted by atomic mass is 127. The highest BCUT2D eigenvalue weighted by molar-refractivity contribution is 14.1. The van der Waals surface area contributed by atoms with E-state index in [1.807, 2.05) is 22.6 Å². The Morgan fingerprint density at radius 2 is 1.79 bits per heavy atom. The van der Waals surface area contributed by atoms with Crippen molar-refractivity contribution in [3.8, 4) is 0 Å². The van der Waals surface area contributed by atoms with E-state index in [0.29, 0.717) is 9.26 Å². The largest absolute Gasteiger partial charge is 0.353 e. The van der Waals surface area contributed by atoms with Gasteiger partial charge in [0, 0.05) is 34.5 Å². The van der Waals surface area contributed by atoms with Crippen LogP contribution in [0, 0.1) is 27.9 Å². The van der Waals surface area contributed by atoms with E-state index in [-0.39, 0.29) is 28.1 Å². The van der Waals surface area contributed by atoms with Gasteiger partial charge in [0.25, 0.3) is 10.0 Å². The summed E-state index contributed by atoms with van der Waals surface area (Å²) in [6.45, 7) is 1.74. The van der Waals surface area contributed by atoms with Gasteiger partial charge in [0.15, 0.2) is 11.6 Å². The fourth-order valence-electron chi connectivity index (χ4n) is 2.70. The lowest BCUT2D eigenvalue weighted by Gasteiger charge is -2.14. The van der Waals surface area contributed by atoms with Crippen LogP contribution in [0.4, 0.5) is 18.9 Å². The molecule has 1 aromatic heterocycles. The fourth-order valence-corrected chi connectivity index (χ4v) is 4.38. The van der Waals surface area contributed by atoms with Gasteiger partial charge in [-0.25, -0.2) is 21.6 Å². The van der Waals surface area contributed by atoms with E-state index < -0.39 is 27.5 Å². The molecule has 0 amide bonds. The number of aromatic nitrogens is 1. The first-order chi connectivity index (χ1) is 13.1. The zero-order valence-electron chi connectivity index (χ0n) is 14.9. The molecule has 0 atom stereocenters. The molecule has 0 bridgehead atoms. The normalized spacial score (nSPS) is 11.6. The highest BCUT2D eigenvalue weighted by Gasteiger charge is 2.22. The number of nitrogens with zero attached hydrogens (tertiary/aromatic N) is 1. The van der Waals surface area contributed by atoms with E-state index in [4.69, 9.17) is 0 Å². The molecule has 0 saturated carbocycles. The van der Waals surface area contributed by atoms with Crippen LogP contribution in [0.25, 0.3) is 0 Å². The van der Waals surface area contributed by atoms with Gasteiger partial charge in [0.1, 0.15) is 10.7 Å². The van der Waals surface area contributed by atoms with Gasteiger partial charge in [-0.3, -0.25) is 4.72 Å². The van der Waals surface area contributed by atoms with Crippen molar-refractivity contribution in [2.24, 2.45) is 7.05 Å². The molecule has 0 unspecified atom stereocenters. The summed E-state index contributed by atoms with van der Waals surface area (Å²) in [5.74, 6) is -2.94. The number of hydrogen-bond acceptors (Lipinski definition) is 2. The predicted molar refractivity (Wildman–Crippen MR) is 109 cm³/mol. The first kappa shape index (κ1) is 20.7. The summed E-state index contributed by atoms with van der Waals surface area (Å²) < 4.78 is 72.3. The minimum atomic E-state index is -4.03. The summed E-state index contributed by atoms with van der Waals surface area (Å²) >= 11 is 1.93. The molecule has 148 valence electrons. The van der Waals surface area contributed by atoms with Crippen LogP contribution in [0.2, 0.25) is 0 Å². The van der Waals surface area contributed by atoms with Gasteiger partial charge in [-0.2, -0.15) is 0 Å². The Hall–Kier alpha value is -2.01. The summed E-state index contributed by atoms with van der Waals surface area (Å²) in [5.41, 5.74) is 0.433. The van der Waals surface area contributed by atoms with E-state index in [0.717, 1.165) is 12.1 Å². The minimum absolute atomic E-state index is 0.0105. The third-order valence-electron chi connectivity index (χ3n) is 4.36. The number of hydrogen-bond donors (Lipinski definition) is 1. The second-order valence-corrected chi connectivity index (χ2v) is 9.26. The van der Waals surface area contributed by atoms with E-state index in [1.165, 1.54) is 24.4 Å². The SMILES string of the molecule is Cc1cc(S(=O)(=O)Nc2ccc(F)c(F)c2Cc2ccc(I)cc2F)cn1C. The van der Waals surface area contributed by atoms with E-state index in [2.05, 4.69) is 4.72 Å². The Bertz CT molecular complexity index is 1140. The van der Waals surface area contributed by atoms with Crippen molar-refractivity contribution in [1.29, 1.82) is 0 Å². The van der Waals surface area contributed by atoms with Crippen molar-refractivity contribution in [2.45, 2.75) is 18.2 Å². The van der Waals surface area contributed by atoms with Crippen LogP contribution in [-0.2, 0) is 23.5 Å². The molecule has 2 aromatic carbocycles. The molecule has 3 rings (SSSR count). The Labute approximate surface area is 174 Å². The van der Waals surface area contributed by atoms with Crippen molar-refractivity contribution in [3.63, 3.8) is 0 Å². The number of benzene rings is 2. The van der Waals surface area contributed by atoms with Gasteiger partial charge in [0.05, 0.1) is 5.69 Å². The van der Waals surface area contributed by atoms with Crippen LogP contribution in [0.1, 0.15) is 16.8 Å². The molecule has 0 aliphatic rings. The van der Waals surface area contributed by atoms with Crippen LogP contribution in [0.5, 0.6) is 0 Å². The van der Waals surface area contributed by atoms with Gasteiger partial charge in [-0.05, 0) is 65.4 Å². The first-order valence-electron chi connectivity index (χ1n) is 8.15. The maximum absolute atomic E-state index is 14.5. The van der Waals surface area contributed by atoms with Gasteiger partial charge >= 0.3 is 0 Å². The Morgan fingerprint density at radius 3 is 2.39 bits per heavy atom. The molecule has 1 N–H and O–H groups in total. The lowest BCUT2D eigenvalue weighted by atomic mass is 10.0. The van der Waals surface area contributed by atoms with Crippen molar-refractivity contribution in [1.82, 2.24) is 4.57 Å². The molecule has 0 saturated heterocycles. The molecule has 0 spiro atoms. The average Bonchev–Trinajstić information content (AvgIpc) is 2.96. The molecule has 0 aliphatic heterocycles. The molecular formula is C19H16F3IN2O2S. The van der Waals surface area contributed by atoms with Crippen LogP contribution in [-0.4, -0.2) is 13.0 Å². The molecule has 9 heteroatoms. The second kappa shape index (κ2) is 7.78. The van der Waals surface area contributed by atoms with Crippen molar-refractivity contribution < 1.29 is 21.6 Å². The zero-order chi connectivity index (χ0) is 20.6. The van der Waals surface area contributed by atoms with Crippen molar-refractivity contribution in [3.05, 3.63) is 80.4 Å². The monoisotopic (exact) mass is 520 g/mol. The first-order valence-corrected chi connectivity index (χ1v) is 10.7. The van der Waals surface area contributed by atoms with Gasteiger partial charge in [0.2, 0.25) is 0 Å². The number of rotatable bonds is 5. The molecule has 0 radical (unpaired) electrons. The van der Waals surface area contributed by atoms with Gasteiger partial charge < -0.3 is 4.57 Å². The number of sulfonamides is 1. The smallest absolute Gasteiger partial charge is 0.263 e. The number of nitrogens with one attached hydrogen (secondary N) is 1. The lowest BCUT2D eigenvalue weighted by Crippen LogP contribution is -2.15. The molecule has 0 fully saturated rings. The average molecular weight is 520 g/mol. The third kappa shape index (κ3) is 4.19. The number of halogens is 4. The van der Waals surface area contributed by atoms with E-state index in [1.54, 1.807) is 24.6 Å². The second-order valence-electron chi connectivity index (χ2n) is 6.33. The van der Waals surface area contributed by atoms with E-state index in [9.17, 15) is 21.6 Å². The Balaban J connectivity index is 2.03. The topological polar surface area (TPSA) is 51.1 Å². The zero-order valence-corrected chi connectivity index (χ0v) is 17.9. The fraction of sp³-hybridized carbons (Fsp3) is 0.158.